The van der Waals surface area contributed by atoms with Gasteiger partial charge in [0.1, 0.15) is 0 Å². The van der Waals surface area contributed by atoms with Crippen LogP contribution in [0.15, 0.2) is 164 Å². The minimum absolute atomic E-state index is 0.376. The average molecular weight is 590 g/mol. The van der Waals surface area contributed by atoms with E-state index in [9.17, 15) is 0 Å². The van der Waals surface area contributed by atoms with E-state index in [1.165, 1.54) is 70.4 Å². The Morgan fingerprint density at radius 1 is 0.444 bits per heavy atom. The van der Waals surface area contributed by atoms with Crippen LogP contribution < -0.4 is 4.90 Å². The van der Waals surface area contributed by atoms with E-state index in [4.69, 9.17) is 0 Å². The smallest absolute Gasteiger partial charge is 0.0820 e. The fourth-order valence-corrected chi connectivity index (χ4v) is 9.53. The lowest BCUT2D eigenvalue weighted by Crippen LogP contribution is -2.25. The molecule has 0 atom stereocenters. The van der Waals surface area contributed by atoms with Crippen LogP contribution in [0.5, 0.6) is 0 Å². The normalized spacial score (nSPS) is 13.5. The Hall–Kier alpha value is -5.44. The summed E-state index contributed by atoms with van der Waals surface area (Å²) in [5.74, 6) is 0. The van der Waals surface area contributed by atoms with Gasteiger partial charge < -0.3 is 4.90 Å². The molecule has 0 unspecified atom stereocenters. The number of fused-ring (bicyclic) bond motifs is 13. The van der Waals surface area contributed by atoms with Crippen molar-refractivity contribution in [2.45, 2.75) is 5.41 Å². The number of hydrogen-bond donors (Lipinski definition) is 0. The number of hydrogen-bond acceptors (Lipinski definition) is 2. The van der Waals surface area contributed by atoms with Gasteiger partial charge in [-0.25, -0.2) is 0 Å². The van der Waals surface area contributed by atoms with Crippen molar-refractivity contribution in [3.05, 3.63) is 185 Å². The first-order valence-corrected chi connectivity index (χ1v) is 16.3. The van der Waals surface area contributed by atoms with E-state index >= 15 is 0 Å². The molecule has 0 saturated heterocycles. The third kappa shape index (κ3) is 3.27. The highest BCUT2D eigenvalue weighted by Crippen LogP contribution is 2.66. The summed E-state index contributed by atoms with van der Waals surface area (Å²) in [4.78, 5) is 3.87. The fraction of sp³-hybridized carbons (Fsp3) is 0.0233. The van der Waals surface area contributed by atoms with Gasteiger partial charge in [0, 0.05) is 37.3 Å². The van der Waals surface area contributed by atoms with Crippen LogP contribution in [0.4, 0.5) is 17.1 Å². The number of nitrogens with zero attached hydrogens (tertiary/aromatic N) is 1. The summed E-state index contributed by atoms with van der Waals surface area (Å²) in [6, 6.07) is 60.4. The number of para-hydroxylation sites is 1. The van der Waals surface area contributed by atoms with Crippen LogP contribution >= 0.6 is 11.3 Å². The topological polar surface area (TPSA) is 3.24 Å². The van der Waals surface area contributed by atoms with Crippen molar-refractivity contribution in [1.82, 2.24) is 0 Å². The first kappa shape index (κ1) is 24.9. The molecule has 1 aromatic heterocycles. The second-order valence-electron chi connectivity index (χ2n) is 12.0. The molecule has 0 bridgehead atoms. The summed E-state index contributed by atoms with van der Waals surface area (Å²) >= 11 is 1.96. The van der Waals surface area contributed by atoms with Gasteiger partial charge in [-0.1, -0.05) is 127 Å². The van der Waals surface area contributed by atoms with Crippen LogP contribution in [0.25, 0.3) is 43.1 Å². The van der Waals surface area contributed by atoms with Crippen LogP contribution in [-0.4, -0.2) is 0 Å². The molecule has 8 aromatic rings. The van der Waals surface area contributed by atoms with Crippen molar-refractivity contribution >= 4 is 49.3 Å². The molecule has 0 saturated carbocycles. The van der Waals surface area contributed by atoms with E-state index in [1.54, 1.807) is 0 Å². The van der Waals surface area contributed by atoms with E-state index in [2.05, 4.69) is 169 Å². The minimum Gasteiger partial charge on any atom is -0.310 e. The van der Waals surface area contributed by atoms with E-state index in [1.807, 2.05) is 11.3 Å². The lowest BCUT2D eigenvalue weighted by Gasteiger charge is -2.32. The fourth-order valence-electron chi connectivity index (χ4n) is 8.08. The van der Waals surface area contributed by atoms with Gasteiger partial charge in [0.05, 0.1) is 11.1 Å². The summed E-state index contributed by atoms with van der Waals surface area (Å²) in [5, 5.41) is 3.82. The Balaban J connectivity index is 1.32. The van der Waals surface area contributed by atoms with Gasteiger partial charge in [0.25, 0.3) is 0 Å². The Morgan fingerprint density at radius 2 is 1.09 bits per heavy atom. The molecule has 45 heavy (non-hydrogen) atoms. The van der Waals surface area contributed by atoms with Gasteiger partial charge in [0.15, 0.2) is 0 Å². The van der Waals surface area contributed by atoms with Gasteiger partial charge in [-0.2, -0.15) is 0 Å². The molecular weight excluding hydrogens is 563 g/mol. The molecule has 2 aliphatic rings. The van der Waals surface area contributed by atoms with Crippen LogP contribution in [0.2, 0.25) is 0 Å². The third-order valence-corrected chi connectivity index (χ3v) is 11.1. The zero-order valence-corrected chi connectivity index (χ0v) is 25.3. The number of benzene rings is 7. The summed E-state index contributed by atoms with van der Waals surface area (Å²) in [6.07, 6.45) is 0. The van der Waals surface area contributed by atoms with Crippen molar-refractivity contribution in [2.75, 3.05) is 4.90 Å². The summed E-state index contributed by atoms with van der Waals surface area (Å²) in [7, 11) is 0. The van der Waals surface area contributed by atoms with Crippen molar-refractivity contribution in [3.8, 4) is 22.3 Å². The first-order valence-electron chi connectivity index (χ1n) is 15.5. The lowest BCUT2D eigenvalue weighted by molar-refractivity contribution is 0.811. The molecule has 0 radical (unpaired) electrons. The molecule has 210 valence electrons. The molecule has 0 fully saturated rings. The van der Waals surface area contributed by atoms with Gasteiger partial charge >= 0.3 is 0 Å². The first-order chi connectivity index (χ1) is 22.3. The van der Waals surface area contributed by atoms with Crippen molar-refractivity contribution < 1.29 is 0 Å². The molecule has 0 aliphatic heterocycles. The zero-order valence-electron chi connectivity index (χ0n) is 24.4. The molecule has 2 heteroatoms. The maximum Gasteiger partial charge on any atom is 0.0820 e. The standard InChI is InChI=1S/C43H27NS/c1-2-15-29(16-3-1)44(39-23-12-14-28-13-4-5-17-31(28)39)30-25-26-34-38(27-30)43(42-41(34)35-20-8-11-24-40(35)45-42)36-21-9-6-18-32(36)33-19-7-10-22-37(33)43/h1-27H. The molecule has 1 spiro atoms. The Kier molecular flexibility index (Phi) is 5.14. The lowest BCUT2D eigenvalue weighted by atomic mass is 9.73. The SMILES string of the molecule is c1ccc(N(c2ccc3c(c2)C2(c4ccccc4-c4ccccc42)c2sc4ccccc4c2-3)c2cccc3ccccc23)cc1. The Morgan fingerprint density at radius 3 is 1.89 bits per heavy atom. The predicted molar refractivity (Wildman–Crippen MR) is 190 cm³/mol. The molecule has 0 amide bonds. The average Bonchev–Trinajstić information content (AvgIpc) is 3.73. The van der Waals surface area contributed by atoms with Crippen LogP contribution in [-0.2, 0) is 5.41 Å². The van der Waals surface area contributed by atoms with Crippen molar-refractivity contribution in [2.24, 2.45) is 0 Å². The maximum atomic E-state index is 2.49. The zero-order chi connectivity index (χ0) is 29.5. The van der Waals surface area contributed by atoms with E-state index in [0.717, 1.165) is 11.4 Å². The summed E-state index contributed by atoms with van der Waals surface area (Å²) in [5.41, 5.74) is 12.6. The van der Waals surface area contributed by atoms with Gasteiger partial charge in [-0.3, -0.25) is 0 Å². The van der Waals surface area contributed by atoms with Gasteiger partial charge in [-0.05, 0) is 75.2 Å². The van der Waals surface area contributed by atoms with E-state index in [0.29, 0.717) is 0 Å². The molecule has 7 aromatic carbocycles. The van der Waals surface area contributed by atoms with Crippen LogP contribution in [0, 0.1) is 0 Å². The van der Waals surface area contributed by atoms with Gasteiger partial charge in [-0.15, -0.1) is 11.3 Å². The van der Waals surface area contributed by atoms with Crippen LogP contribution in [0.1, 0.15) is 21.6 Å². The second kappa shape index (κ2) is 9.28. The Labute approximate surface area is 266 Å². The number of rotatable bonds is 3. The highest BCUT2D eigenvalue weighted by Gasteiger charge is 2.53. The predicted octanol–water partition coefficient (Wildman–Crippen LogP) is 11.9. The minimum atomic E-state index is -0.376. The third-order valence-electron chi connectivity index (χ3n) is 9.84. The number of anilines is 3. The number of thiophene rings is 1. The summed E-state index contributed by atoms with van der Waals surface area (Å²) < 4.78 is 1.35. The molecule has 2 aliphatic carbocycles. The monoisotopic (exact) mass is 589 g/mol. The van der Waals surface area contributed by atoms with Crippen molar-refractivity contribution in [1.29, 1.82) is 0 Å². The molecule has 1 nitrogen and oxygen atoms in total. The highest BCUT2D eigenvalue weighted by molar-refractivity contribution is 7.20. The second-order valence-corrected chi connectivity index (χ2v) is 13.1. The van der Waals surface area contributed by atoms with E-state index < -0.39 is 0 Å². The quantitative estimate of drug-likeness (QED) is 0.198. The molecular formula is C43H27NS. The maximum absolute atomic E-state index is 2.49. The van der Waals surface area contributed by atoms with E-state index in [-0.39, 0.29) is 5.41 Å². The molecule has 1 heterocycles. The molecule has 10 rings (SSSR count). The van der Waals surface area contributed by atoms with Gasteiger partial charge in [0.2, 0.25) is 0 Å². The molecule has 0 N–H and O–H groups in total. The Bertz CT molecular complexity index is 2400. The van der Waals surface area contributed by atoms with Crippen LogP contribution in [0.3, 0.4) is 0 Å². The largest absolute Gasteiger partial charge is 0.310 e. The van der Waals surface area contributed by atoms with Crippen molar-refractivity contribution in [3.63, 3.8) is 0 Å². The highest BCUT2D eigenvalue weighted by atomic mass is 32.1. The summed E-state index contributed by atoms with van der Waals surface area (Å²) in [6.45, 7) is 0.